The van der Waals surface area contributed by atoms with E-state index in [-0.39, 0.29) is 5.54 Å². The average molecular weight is 259 g/mol. The Bertz CT molecular complexity index is 443. The summed E-state index contributed by atoms with van der Waals surface area (Å²) in [6, 6.07) is 9.53. The smallest absolute Gasteiger partial charge is 0.0412 e. The molecular formula is C16H25N3. The molecule has 0 bridgehead atoms. The molecule has 0 unspecified atom stereocenters. The number of hydrogen-bond donors (Lipinski definition) is 1. The highest BCUT2D eigenvalue weighted by Gasteiger charge is 2.40. The van der Waals surface area contributed by atoms with E-state index in [4.69, 9.17) is 5.73 Å². The minimum absolute atomic E-state index is 0.0181. The van der Waals surface area contributed by atoms with Crippen LogP contribution in [-0.4, -0.2) is 37.1 Å². The number of rotatable bonds is 3. The molecule has 1 heterocycles. The second kappa shape index (κ2) is 4.80. The molecule has 3 rings (SSSR count). The van der Waals surface area contributed by atoms with Gasteiger partial charge in [0.25, 0.3) is 0 Å². The molecule has 2 N–H and O–H groups in total. The maximum absolute atomic E-state index is 6.30. The first-order valence-electron chi connectivity index (χ1n) is 7.47. The predicted molar refractivity (Wildman–Crippen MR) is 80.5 cm³/mol. The van der Waals surface area contributed by atoms with Gasteiger partial charge in [0, 0.05) is 43.4 Å². The third-order valence-corrected chi connectivity index (χ3v) is 4.62. The zero-order valence-electron chi connectivity index (χ0n) is 12.1. The zero-order chi connectivity index (χ0) is 13.5. The molecule has 2 fully saturated rings. The van der Waals surface area contributed by atoms with Crippen molar-refractivity contribution in [3.05, 3.63) is 29.8 Å². The van der Waals surface area contributed by atoms with Crippen LogP contribution in [0.3, 0.4) is 0 Å². The topological polar surface area (TPSA) is 32.5 Å². The van der Waals surface area contributed by atoms with Crippen molar-refractivity contribution >= 4 is 5.69 Å². The van der Waals surface area contributed by atoms with Gasteiger partial charge in [-0.05, 0) is 44.4 Å². The lowest BCUT2D eigenvalue weighted by Crippen LogP contribution is -2.48. The molecule has 2 aliphatic rings. The predicted octanol–water partition coefficient (Wildman–Crippen LogP) is 2.16. The van der Waals surface area contributed by atoms with E-state index in [1.165, 1.54) is 11.3 Å². The first-order valence-corrected chi connectivity index (χ1v) is 7.47. The second-order valence-electron chi connectivity index (χ2n) is 6.32. The molecule has 1 aliphatic carbocycles. The van der Waals surface area contributed by atoms with Gasteiger partial charge in [-0.2, -0.15) is 0 Å². The number of benzene rings is 1. The second-order valence-corrected chi connectivity index (χ2v) is 6.32. The van der Waals surface area contributed by atoms with E-state index in [1.807, 2.05) is 0 Å². The molecule has 0 spiro atoms. The van der Waals surface area contributed by atoms with Gasteiger partial charge >= 0.3 is 0 Å². The van der Waals surface area contributed by atoms with Gasteiger partial charge in [0.2, 0.25) is 0 Å². The van der Waals surface area contributed by atoms with Crippen molar-refractivity contribution in [2.45, 2.75) is 38.3 Å². The van der Waals surface area contributed by atoms with Crippen molar-refractivity contribution in [1.82, 2.24) is 4.90 Å². The molecule has 3 heteroatoms. The highest BCUT2D eigenvalue weighted by molar-refractivity contribution is 5.51. The van der Waals surface area contributed by atoms with Gasteiger partial charge in [-0.1, -0.05) is 12.1 Å². The number of hydrogen-bond acceptors (Lipinski definition) is 3. The molecule has 1 saturated carbocycles. The van der Waals surface area contributed by atoms with Gasteiger partial charge in [-0.25, -0.2) is 0 Å². The number of anilines is 1. The fourth-order valence-electron chi connectivity index (χ4n) is 2.93. The summed E-state index contributed by atoms with van der Waals surface area (Å²) >= 11 is 0. The van der Waals surface area contributed by atoms with Crippen LogP contribution in [0.5, 0.6) is 0 Å². The van der Waals surface area contributed by atoms with Crippen LogP contribution in [0.4, 0.5) is 5.69 Å². The molecule has 19 heavy (non-hydrogen) atoms. The molecule has 3 nitrogen and oxygen atoms in total. The Hall–Kier alpha value is -1.06. The molecule has 0 atom stereocenters. The molecule has 1 aromatic rings. The molecule has 0 amide bonds. The van der Waals surface area contributed by atoms with Crippen LogP contribution in [0.2, 0.25) is 0 Å². The van der Waals surface area contributed by atoms with Crippen LogP contribution in [0.1, 0.15) is 32.3 Å². The van der Waals surface area contributed by atoms with Gasteiger partial charge < -0.3 is 10.6 Å². The summed E-state index contributed by atoms with van der Waals surface area (Å²) in [4.78, 5) is 5.04. The first-order chi connectivity index (χ1) is 9.08. The van der Waals surface area contributed by atoms with Crippen molar-refractivity contribution in [2.24, 2.45) is 5.73 Å². The monoisotopic (exact) mass is 259 g/mol. The van der Waals surface area contributed by atoms with E-state index < -0.39 is 0 Å². The van der Waals surface area contributed by atoms with Crippen molar-refractivity contribution < 1.29 is 0 Å². The molecule has 1 aromatic carbocycles. The number of nitrogens with zero attached hydrogens (tertiary/aromatic N) is 2. The fourth-order valence-corrected chi connectivity index (χ4v) is 2.93. The number of piperazine rings is 1. The third-order valence-electron chi connectivity index (χ3n) is 4.62. The Balaban J connectivity index is 1.70. The summed E-state index contributed by atoms with van der Waals surface area (Å²) in [6.07, 6.45) is 2.27. The minimum atomic E-state index is -0.0181. The van der Waals surface area contributed by atoms with Crippen LogP contribution in [0.25, 0.3) is 0 Å². The standard InChI is InChI=1S/C16H25N3/c1-13(2)18-8-10-19(11-9-18)15-5-3-4-14(12-15)16(17)6-7-16/h3-5,12-13H,6-11,17H2,1-2H3. The summed E-state index contributed by atoms with van der Waals surface area (Å²) in [5.74, 6) is 0. The summed E-state index contributed by atoms with van der Waals surface area (Å²) in [6.45, 7) is 9.13. The van der Waals surface area contributed by atoms with Gasteiger partial charge in [0.1, 0.15) is 0 Å². The van der Waals surface area contributed by atoms with Gasteiger partial charge in [-0.3, -0.25) is 4.90 Å². The summed E-state index contributed by atoms with van der Waals surface area (Å²) in [5, 5.41) is 0. The third kappa shape index (κ3) is 2.63. The Labute approximate surface area is 116 Å². The van der Waals surface area contributed by atoms with Crippen LogP contribution < -0.4 is 10.6 Å². The van der Waals surface area contributed by atoms with E-state index in [0.29, 0.717) is 6.04 Å². The van der Waals surface area contributed by atoms with E-state index >= 15 is 0 Å². The average Bonchev–Trinajstić information content (AvgIpc) is 3.18. The van der Waals surface area contributed by atoms with Crippen LogP contribution in [0, 0.1) is 0 Å². The van der Waals surface area contributed by atoms with Crippen molar-refractivity contribution in [3.63, 3.8) is 0 Å². The van der Waals surface area contributed by atoms with Crippen LogP contribution >= 0.6 is 0 Å². The quantitative estimate of drug-likeness (QED) is 0.903. The zero-order valence-corrected chi connectivity index (χ0v) is 12.1. The Kier molecular flexibility index (Phi) is 3.27. The van der Waals surface area contributed by atoms with Crippen molar-refractivity contribution in [3.8, 4) is 0 Å². The molecule has 1 saturated heterocycles. The lowest BCUT2D eigenvalue weighted by Gasteiger charge is -2.38. The Morgan fingerprint density at radius 1 is 1.11 bits per heavy atom. The number of nitrogens with two attached hydrogens (primary N) is 1. The van der Waals surface area contributed by atoms with Crippen LogP contribution in [0.15, 0.2) is 24.3 Å². The lowest BCUT2D eigenvalue weighted by molar-refractivity contribution is 0.209. The lowest BCUT2D eigenvalue weighted by atomic mass is 10.0. The molecule has 1 aliphatic heterocycles. The highest BCUT2D eigenvalue weighted by atomic mass is 15.3. The van der Waals surface area contributed by atoms with E-state index in [2.05, 4.69) is 47.9 Å². The maximum Gasteiger partial charge on any atom is 0.0412 e. The molecule has 0 aromatic heterocycles. The molecule has 0 radical (unpaired) electrons. The summed E-state index contributed by atoms with van der Waals surface area (Å²) in [5.41, 5.74) is 8.94. The minimum Gasteiger partial charge on any atom is -0.369 e. The maximum atomic E-state index is 6.30. The fraction of sp³-hybridized carbons (Fsp3) is 0.625. The van der Waals surface area contributed by atoms with Gasteiger partial charge in [0.05, 0.1) is 0 Å². The Morgan fingerprint density at radius 3 is 2.37 bits per heavy atom. The van der Waals surface area contributed by atoms with Gasteiger partial charge in [0.15, 0.2) is 0 Å². The molecular weight excluding hydrogens is 234 g/mol. The van der Waals surface area contributed by atoms with Crippen LogP contribution in [-0.2, 0) is 5.54 Å². The Morgan fingerprint density at radius 2 is 1.79 bits per heavy atom. The first kappa shape index (κ1) is 12.9. The van der Waals surface area contributed by atoms with Crippen molar-refractivity contribution in [1.29, 1.82) is 0 Å². The normalized spacial score (nSPS) is 22.8. The summed E-state index contributed by atoms with van der Waals surface area (Å²) in [7, 11) is 0. The SMILES string of the molecule is CC(C)N1CCN(c2cccc(C3(N)CC3)c2)CC1. The van der Waals surface area contributed by atoms with Gasteiger partial charge in [-0.15, -0.1) is 0 Å². The van der Waals surface area contributed by atoms with Crippen molar-refractivity contribution in [2.75, 3.05) is 31.1 Å². The highest BCUT2D eigenvalue weighted by Crippen LogP contribution is 2.43. The van der Waals surface area contributed by atoms with E-state index in [1.54, 1.807) is 0 Å². The summed E-state index contributed by atoms with van der Waals surface area (Å²) < 4.78 is 0. The van der Waals surface area contributed by atoms with E-state index in [9.17, 15) is 0 Å². The van der Waals surface area contributed by atoms with E-state index in [0.717, 1.165) is 39.0 Å². The largest absolute Gasteiger partial charge is 0.369 e. The molecule has 104 valence electrons.